The van der Waals surface area contributed by atoms with Crippen LogP contribution in [0, 0.1) is 0 Å². The normalized spacial score (nSPS) is 14.0. The van der Waals surface area contributed by atoms with Crippen molar-refractivity contribution < 1.29 is 0 Å². The van der Waals surface area contributed by atoms with Crippen LogP contribution in [-0.2, 0) is 6.42 Å². The van der Waals surface area contributed by atoms with E-state index in [9.17, 15) is 0 Å². The number of halogens is 1. The molecule has 128 valence electrons. The lowest BCUT2D eigenvalue weighted by atomic mass is 10.1. The minimum atomic E-state index is 0.825. The molecule has 2 nitrogen and oxygen atoms in total. The molecule has 23 heavy (non-hydrogen) atoms. The highest BCUT2D eigenvalue weighted by Crippen LogP contribution is 2.13. The summed E-state index contributed by atoms with van der Waals surface area (Å²) in [6.45, 7) is 5.72. The van der Waals surface area contributed by atoms with Gasteiger partial charge in [0.1, 0.15) is 0 Å². The minimum absolute atomic E-state index is 0.825. The second kappa shape index (κ2) is 10.6. The molecule has 1 aromatic carbocycles. The second-order valence-corrected chi connectivity index (χ2v) is 7.00. The van der Waals surface area contributed by atoms with Gasteiger partial charge in [-0.15, -0.1) is 0 Å². The van der Waals surface area contributed by atoms with Gasteiger partial charge in [0, 0.05) is 30.5 Å². The number of aryl methyl sites for hydroxylation is 1. The first-order valence-electron chi connectivity index (χ1n) is 9.19. The van der Waals surface area contributed by atoms with Crippen LogP contribution in [0.4, 0.5) is 0 Å². The molecule has 0 fully saturated rings. The molecule has 1 aliphatic heterocycles. The van der Waals surface area contributed by atoms with Crippen molar-refractivity contribution in [3.8, 4) is 0 Å². The van der Waals surface area contributed by atoms with Crippen molar-refractivity contribution >= 4 is 11.6 Å². The zero-order valence-corrected chi connectivity index (χ0v) is 15.3. The highest BCUT2D eigenvalue weighted by molar-refractivity contribution is 6.30. The van der Waals surface area contributed by atoms with E-state index < -0.39 is 0 Å². The van der Waals surface area contributed by atoms with Gasteiger partial charge in [-0.25, -0.2) is 0 Å². The molecule has 0 unspecified atom stereocenters. The van der Waals surface area contributed by atoms with Crippen LogP contribution in [-0.4, -0.2) is 29.6 Å². The summed E-state index contributed by atoms with van der Waals surface area (Å²) >= 11 is 5.91. The number of nitrogens with zero attached hydrogens (tertiary/aromatic N) is 2. The van der Waals surface area contributed by atoms with Crippen LogP contribution < -0.4 is 0 Å². The molecule has 3 heteroatoms. The summed E-state index contributed by atoms with van der Waals surface area (Å²) in [4.78, 5) is 4.89. The van der Waals surface area contributed by atoms with Crippen molar-refractivity contribution in [2.24, 2.45) is 0 Å². The molecule has 0 aliphatic carbocycles. The lowest BCUT2D eigenvalue weighted by Gasteiger charge is -2.21. The van der Waals surface area contributed by atoms with Gasteiger partial charge in [-0.3, -0.25) is 0 Å². The zero-order valence-electron chi connectivity index (χ0n) is 14.5. The Hall–Kier alpha value is -1.15. The smallest absolute Gasteiger partial charge is 0.0893 e. The second-order valence-electron chi connectivity index (χ2n) is 6.56. The summed E-state index contributed by atoms with van der Waals surface area (Å²) in [6.07, 6.45) is 15.0. The number of hydrogen-bond acceptors (Lipinski definition) is 2. The molecule has 1 aliphatic rings. The third-order valence-electron chi connectivity index (χ3n) is 4.47. The lowest BCUT2D eigenvalue weighted by Crippen LogP contribution is -2.26. The predicted molar refractivity (Wildman–Crippen MR) is 101 cm³/mol. The Labute approximate surface area is 147 Å². The first-order chi connectivity index (χ1) is 11.3. The van der Waals surface area contributed by atoms with Gasteiger partial charge in [0.05, 0.1) is 6.67 Å². The van der Waals surface area contributed by atoms with Gasteiger partial charge < -0.3 is 9.80 Å². The fourth-order valence-corrected chi connectivity index (χ4v) is 3.15. The highest BCUT2D eigenvalue weighted by atomic mass is 35.5. The van der Waals surface area contributed by atoms with Crippen molar-refractivity contribution in [3.63, 3.8) is 0 Å². The molecule has 0 atom stereocenters. The molecule has 0 saturated carbocycles. The van der Waals surface area contributed by atoms with Crippen LogP contribution in [0.5, 0.6) is 0 Å². The van der Waals surface area contributed by atoms with Crippen LogP contribution in [0.15, 0.2) is 36.7 Å². The molecule has 0 radical (unpaired) electrons. The van der Waals surface area contributed by atoms with Crippen LogP contribution in [0.1, 0.15) is 57.4 Å². The van der Waals surface area contributed by atoms with Crippen LogP contribution in [0.2, 0.25) is 5.02 Å². The Morgan fingerprint density at radius 1 is 0.826 bits per heavy atom. The lowest BCUT2D eigenvalue weighted by molar-refractivity contribution is 0.258. The standard InChI is InChI=1S/C20H31ClN2/c1-2-3-4-5-7-14-22-16-17-23(18-22)15-8-6-9-19-10-12-20(21)13-11-19/h10-13,16-17H,2-9,14-15,18H2,1H3. The van der Waals surface area contributed by atoms with Gasteiger partial charge in [0.2, 0.25) is 0 Å². The molecule has 0 amide bonds. The Kier molecular flexibility index (Phi) is 8.38. The van der Waals surface area contributed by atoms with E-state index in [-0.39, 0.29) is 0 Å². The monoisotopic (exact) mass is 334 g/mol. The molecule has 0 bridgehead atoms. The molecule has 0 aromatic heterocycles. The van der Waals surface area contributed by atoms with Crippen LogP contribution in [0.3, 0.4) is 0 Å². The Bertz CT molecular complexity index is 455. The highest BCUT2D eigenvalue weighted by Gasteiger charge is 2.10. The largest absolute Gasteiger partial charge is 0.359 e. The van der Waals surface area contributed by atoms with E-state index in [0.717, 1.165) is 24.7 Å². The molecule has 2 rings (SSSR count). The SMILES string of the molecule is CCCCCCCN1C=CN(CCCCc2ccc(Cl)cc2)C1. The summed E-state index contributed by atoms with van der Waals surface area (Å²) < 4.78 is 0. The fourth-order valence-electron chi connectivity index (χ4n) is 3.02. The maximum absolute atomic E-state index is 5.91. The van der Waals surface area contributed by atoms with Crippen LogP contribution >= 0.6 is 11.6 Å². The fraction of sp³-hybridized carbons (Fsp3) is 0.600. The van der Waals surface area contributed by atoms with Crippen molar-refractivity contribution in [2.45, 2.75) is 58.3 Å². The molecule has 0 saturated heterocycles. The van der Waals surface area contributed by atoms with E-state index >= 15 is 0 Å². The van der Waals surface area contributed by atoms with Crippen molar-refractivity contribution in [1.82, 2.24) is 9.80 Å². The van der Waals surface area contributed by atoms with E-state index in [1.807, 2.05) is 12.1 Å². The van der Waals surface area contributed by atoms with E-state index in [4.69, 9.17) is 11.6 Å². The van der Waals surface area contributed by atoms with Gasteiger partial charge >= 0.3 is 0 Å². The van der Waals surface area contributed by atoms with Crippen molar-refractivity contribution in [3.05, 3.63) is 47.3 Å². The third kappa shape index (κ3) is 7.30. The van der Waals surface area contributed by atoms with E-state index in [1.54, 1.807) is 0 Å². The van der Waals surface area contributed by atoms with Gasteiger partial charge in [-0.2, -0.15) is 0 Å². The summed E-state index contributed by atoms with van der Waals surface area (Å²) in [5.41, 5.74) is 1.39. The maximum atomic E-state index is 5.91. The molecule has 1 aromatic rings. The maximum Gasteiger partial charge on any atom is 0.0893 e. The zero-order chi connectivity index (χ0) is 16.3. The summed E-state index contributed by atoms with van der Waals surface area (Å²) in [5, 5.41) is 0.825. The Balaban J connectivity index is 1.51. The first kappa shape index (κ1) is 18.2. The number of rotatable bonds is 11. The van der Waals surface area contributed by atoms with E-state index in [0.29, 0.717) is 0 Å². The van der Waals surface area contributed by atoms with Gasteiger partial charge in [0.15, 0.2) is 0 Å². The van der Waals surface area contributed by atoms with E-state index in [1.165, 1.54) is 57.1 Å². The molecular weight excluding hydrogens is 304 g/mol. The number of unbranched alkanes of at least 4 members (excludes halogenated alkanes) is 5. The predicted octanol–water partition coefficient (Wildman–Crippen LogP) is 5.68. The summed E-state index contributed by atoms with van der Waals surface area (Å²) in [6, 6.07) is 8.24. The summed E-state index contributed by atoms with van der Waals surface area (Å²) in [7, 11) is 0. The van der Waals surface area contributed by atoms with Crippen LogP contribution in [0.25, 0.3) is 0 Å². The van der Waals surface area contributed by atoms with Gasteiger partial charge in [0.25, 0.3) is 0 Å². The molecule has 1 heterocycles. The Morgan fingerprint density at radius 3 is 2.09 bits per heavy atom. The molecule has 0 N–H and O–H groups in total. The number of hydrogen-bond donors (Lipinski definition) is 0. The van der Waals surface area contributed by atoms with Crippen molar-refractivity contribution in [2.75, 3.05) is 19.8 Å². The summed E-state index contributed by atoms with van der Waals surface area (Å²) in [5.74, 6) is 0. The minimum Gasteiger partial charge on any atom is -0.359 e. The first-order valence-corrected chi connectivity index (χ1v) is 9.56. The Morgan fingerprint density at radius 2 is 1.43 bits per heavy atom. The van der Waals surface area contributed by atoms with Gasteiger partial charge in [-0.1, -0.05) is 56.3 Å². The number of benzene rings is 1. The van der Waals surface area contributed by atoms with Crippen molar-refractivity contribution in [1.29, 1.82) is 0 Å². The average Bonchev–Trinajstić information content (AvgIpc) is 3.01. The topological polar surface area (TPSA) is 6.48 Å². The average molecular weight is 335 g/mol. The third-order valence-corrected chi connectivity index (χ3v) is 4.73. The quantitative estimate of drug-likeness (QED) is 0.480. The van der Waals surface area contributed by atoms with E-state index in [2.05, 4.69) is 41.3 Å². The molecular formula is C20H31ClN2. The molecule has 0 spiro atoms. The van der Waals surface area contributed by atoms with Gasteiger partial charge in [-0.05, 0) is 43.4 Å².